The molecular formula is C23H20N6O4S. The average Bonchev–Trinajstić information content (AvgIpc) is 3.40. The minimum atomic E-state index is -0.480. The number of nitrogens with one attached hydrogen (secondary N) is 1. The number of anilines is 1. The number of non-ortho nitro benzene ring substituents is 1. The van der Waals surface area contributed by atoms with Crippen LogP contribution in [0.5, 0.6) is 0 Å². The smallest absolute Gasteiger partial charge is 0.269 e. The van der Waals surface area contributed by atoms with E-state index in [1.807, 2.05) is 31.2 Å². The van der Waals surface area contributed by atoms with E-state index in [-0.39, 0.29) is 29.6 Å². The van der Waals surface area contributed by atoms with Crippen molar-refractivity contribution in [3.63, 3.8) is 0 Å². The number of aromatic nitrogens is 4. The molecule has 10 nitrogen and oxygen atoms in total. The maximum atomic E-state index is 13.3. The summed E-state index contributed by atoms with van der Waals surface area (Å²) < 4.78 is 3.22. The van der Waals surface area contributed by atoms with Gasteiger partial charge in [-0.1, -0.05) is 23.9 Å². The van der Waals surface area contributed by atoms with Gasteiger partial charge in [-0.05, 0) is 43.2 Å². The van der Waals surface area contributed by atoms with Crippen molar-refractivity contribution in [1.82, 2.24) is 19.3 Å². The van der Waals surface area contributed by atoms with E-state index in [4.69, 9.17) is 4.98 Å². The molecule has 0 spiro atoms. The number of carbonyl (C=O) groups excluding carboxylic acids is 1. The van der Waals surface area contributed by atoms with Crippen LogP contribution in [0.1, 0.15) is 23.6 Å². The van der Waals surface area contributed by atoms with Crippen molar-refractivity contribution in [2.24, 2.45) is 0 Å². The first-order chi connectivity index (χ1) is 16.3. The normalized spacial score (nSPS) is 14.8. The van der Waals surface area contributed by atoms with Crippen molar-refractivity contribution in [3.05, 3.63) is 80.3 Å². The third-order valence-corrected chi connectivity index (χ3v) is 6.83. The highest BCUT2D eigenvalue weighted by Crippen LogP contribution is 2.34. The Morgan fingerprint density at radius 3 is 2.82 bits per heavy atom. The minimum Gasteiger partial charge on any atom is -0.326 e. The predicted octanol–water partition coefficient (Wildman–Crippen LogP) is 3.78. The molecule has 0 saturated heterocycles. The Morgan fingerprint density at radius 2 is 2.09 bits per heavy atom. The molecule has 11 heteroatoms. The molecule has 0 bridgehead atoms. The molecule has 0 radical (unpaired) electrons. The van der Waals surface area contributed by atoms with Gasteiger partial charge in [0.2, 0.25) is 5.91 Å². The molecule has 1 amide bonds. The minimum absolute atomic E-state index is 0.0375. The first kappa shape index (κ1) is 21.8. The van der Waals surface area contributed by atoms with Crippen LogP contribution in [0.4, 0.5) is 11.4 Å². The van der Waals surface area contributed by atoms with Crippen LogP contribution in [-0.4, -0.2) is 35.9 Å². The fourth-order valence-corrected chi connectivity index (χ4v) is 5.18. The van der Waals surface area contributed by atoms with E-state index < -0.39 is 4.92 Å². The summed E-state index contributed by atoms with van der Waals surface area (Å²) in [7, 11) is 0. The van der Waals surface area contributed by atoms with Gasteiger partial charge in [-0.3, -0.25) is 24.3 Å². The molecule has 1 atom stereocenters. The van der Waals surface area contributed by atoms with Gasteiger partial charge in [0, 0.05) is 30.0 Å². The fraction of sp³-hybridized carbons (Fsp3) is 0.217. The second-order valence-electron chi connectivity index (χ2n) is 8.18. The van der Waals surface area contributed by atoms with E-state index in [2.05, 4.69) is 10.4 Å². The van der Waals surface area contributed by atoms with Gasteiger partial charge in [-0.25, -0.2) is 9.67 Å². The van der Waals surface area contributed by atoms with Gasteiger partial charge in [0.25, 0.3) is 11.2 Å². The third-order valence-electron chi connectivity index (χ3n) is 5.73. The molecule has 2 aromatic carbocycles. The summed E-state index contributed by atoms with van der Waals surface area (Å²) in [6, 6.07) is 11.7. The van der Waals surface area contributed by atoms with Crippen LogP contribution in [0, 0.1) is 24.0 Å². The molecule has 0 fully saturated rings. The summed E-state index contributed by atoms with van der Waals surface area (Å²) in [5.41, 5.74) is 3.21. The Hall–Kier alpha value is -3.99. The van der Waals surface area contributed by atoms with E-state index in [1.165, 1.54) is 36.2 Å². The highest BCUT2D eigenvalue weighted by atomic mass is 32.2. The van der Waals surface area contributed by atoms with Crippen molar-refractivity contribution in [1.29, 1.82) is 0 Å². The summed E-state index contributed by atoms with van der Waals surface area (Å²) in [4.78, 5) is 41.2. The second kappa shape index (κ2) is 8.41. The zero-order valence-electron chi connectivity index (χ0n) is 18.4. The summed E-state index contributed by atoms with van der Waals surface area (Å²) in [6.07, 6.45) is 1.59. The van der Waals surface area contributed by atoms with Crippen LogP contribution in [-0.2, 0) is 4.79 Å². The Bertz CT molecular complexity index is 1530. The maximum absolute atomic E-state index is 13.3. The Labute approximate surface area is 197 Å². The molecule has 5 rings (SSSR count). The number of thioether (sulfide) groups is 1. The maximum Gasteiger partial charge on any atom is 0.269 e. The van der Waals surface area contributed by atoms with Crippen LogP contribution in [0.15, 0.2) is 58.6 Å². The summed E-state index contributed by atoms with van der Waals surface area (Å²) in [5, 5.41) is 19.1. The number of benzene rings is 2. The summed E-state index contributed by atoms with van der Waals surface area (Å²) in [5.74, 6) is 0.261. The molecular weight excluding hydrogens is 456 g/mol. The third kappa shape index (κ3) is 3.83. The fourth-order valence-electron chi connectivity index (χ4n) is 4.05. The molecule has 4 aromatic rings. The highest BCUT2D eigenvalue weighted by Gasteiger charge is 2.29. The van der Waals surface area contributed by atoms with Crippen molar-refractivity contribution in [2.45, 2.75) is 31.5 Å². The molecule has 34 heavy (non-hydrogen) atoms. The summed E-state index contributed by atoms with van der Waals surface area (Å²) in [6.45, 7) is 3.68. The lowest BCUT2D eigenvalue weighted by atomic mass is 10.1. The van der Waals surface area contributed by atoms with E-state index in [9.17, 15) is 19.7 Å². The first-order valence-corrected chi connectivity index (χ1v) is 11.6. The zero-order chi connectivity index (χ0) is 24.0. The standard InChI is InChI=1S/C23H20N6O4S/c1-13-4-3-5-15(8-13)28-21-18(11-24-28)22(31)27-17(12-34-23(27)26-21)10-20(30)25-19-7-6-16(29(32)33)9-14(19)2/h3-9,11,17H,10,12H2,1-2H3,(H,25,30). The molecule has 1 aliphatic heterocycles. The van der Waals surface area contributed by atoms with E-state index in [0.717, 1.165) is 11.3 Å². The van der Waals surface area contributed by atoms with Crippen molar-refractivity contribution in [2.75, 3.05) is 11.1 Å². The van der Waals surface area contributed by atoms with Gasteiger partial charge in [-0.15, -0.1) is 0 Å². The monoisotopic (exact) mass is 476 g/mol. The molecule has 172 valence electrons. The lowest BCUT2D eigenvalue weighted by molar-refractivity contribution is -0.384. The number of nitrogens with zero attached hydrogens (tertiary/aromatic N) is 5. The lowest BCUT2D eigenvalue weighted by Crippen LogP contribution is -2.27. The van der Waals surface area contributed by atoms with Gasteiger partial charge < -0.3 is 5.32 Å². The van der Waals surface area contributed by atoms with E-state index >= 15 is 0 Å². The Morgan fingerprint density at radius 1 is 1.26 bits per heavy atom. The van der Waals surface area contributed by atoms with Crippen LogP contribution < -0.4 is 10.9 Å². The number of rotatable bonds is 5. The number of fused-ring (bicyclic) bond motifs is 2. The van der Waals surface area contributed by atoms with Gasteiger partial charge in [0.1, 0.15) is 5.39 Å². The number of hydrogen-bond donors (Lipinski definition) is 1. The molecule has 1 unspecified atom stereocenters. The van der Waals surface area contributed by atoms with Gasteiger partial charge in [0.05, 0.1) is 22.8 Å². The number of hydrogen-bond acceptors (Lipinski definition) is 7. The van der Waals surface area contributed by atoms with Gasteiger partial charge in [0.15, 0.2) is 10.8 Å². The van der Waals surface area contributed by atoms with Gasteiger partial charge >= 0.3 is 0 Å². The van der Waals surface area contributed by atoms with Crippen molar-refractivity contribution < 1.29 is 9.72 Å². The number of nitro groups is 1. The molecule has 0 saturated carbocycles. The largest absolute Gasteiger partial charge is 0.326 e. The SMILES string of the molecule is Cc1cccc(-n2ncc3c(=O)n4c(nc32)SCC4CC(=O)Nc2ccc([N+](=O)[O-])cc2C)c1. The van der Waals surface area contributed by atoms with Crippen LogP contribution in [0.2, 0.25) is 0 Å². The number of aryl methyl sites for hydroxylation is 2. The van der Waals surface area contributed by atoms with Crippen molar-refractivity contribution >= 4 is 40.1 Å². The molecule has 3 heterocycles. The second-order valence-corrected chi connectivity index (χ2v) is 9.16. The number of nitro benzene ring substituents is 1. The molecule has 1 N–H and O–H groups in total. The van der Waals surface area contributed by atoms with Crippen molar-refractivity contribution in [3.8, 4) is 5.69 Å². The Kier molecular flexibility index (Phi) is 5.40. The van der Waals surface area contributed by atoms with Crippen LogP contribution in [0.3, 0.4) is 0 Å². The van der Waals surface area contributed by atoms with Crippen LogP contribution in [0.25, 0.3) is 16.7 Å². The van der Waals surface area contributed by atoms with Gasteiger partial charge in [-0.2, -0.15) is 5.10 Å². The summed E-state index contributed by atoms with van der Waals surface area (Å²) >= 11 is 1.43. The van der Waals surface area contributed by atoms with Crippen LogP contribution >= 0.6 is 11.8 Å². The molecule has 0 aliphatic carbocycles. The first-order valence-electron chi connectivity index (χ1n) is 10.6. The lowest BCUT2D eigenvalue weighted by Gasteiger charge is -2.14. The molecule has 2 aromatic heterocycles. The quantitative estimate of drug-likeness (QED) is 0.264. The number of amides is 1. The molecule has 1 aliphatic rings. The predicted molar refractivity (Wildman–Crippen MR) is 129 cm³/mol. The zero-order valence-corrected chi connectivity index (χ0v) is 19.2. The topological polar surface area (TPSA) is 125 Å². The highest BCUT2D eigenvalue weighted by molar-refractivity contribution is 7.99. The van der Waals surface area contributed by atoms with E-state index in [0.29, 0.717) is 33.2 Å². The number of carbonyl (C=O) groups is 1. The Balaban J connectivity index is 1.41. The van der Waals surface area contributed by atoms with E-state index in [1.54, 1.807) is 16.2 Å². The average molecular weight is 477 g/mol.